The molecule has 2 N–H and O–H groups in total. The third-order valence-electron chi connectivity index (χ3n) is 2.96. The van der Waals surface area contributed by atoms with Crippen molar-refractivity contribution in [1.82, 2.24) is 20.1 Å². The van der Waals surface area contributed by atoms with Gasteiger partial charge in [-0.2, -0.15) is 5.10 Å². The van der Waals surface area contributed by atoms with Gasteiger partial charge < -0.3 is 10.4 Å². The molecule has 0 radical (unpaired) electrons. The van der Waals surface area contributed by atoms with Gasteiger partial charge in [0.15, 0.2) is 0 Å². The summed E-state index contributed by atoms with van der Waals surface area (Å²) in [6.07, 6.45) is 4.85. The van der Waals surface area contributed by atoms with Gasteiger partial charge in [0.25, 0.3) is 5.91 Å². The molecular weight excluding hydrogens is 272 g/mol. The predicted octanol–water partition coefficient (Wildman–Crippen LogP) is 1.11. The molecule has 0 bridgehead atoms. The van der Waals surface area contributed by atoms with Gasteiger partial charge in [0.2, 0.25) is 0 Å². The second kappa shape index (κ2) is 6.17. The summed E-state index contributed by atoms with van der Waals surface area (Å²) in [6.45, 7) is 3.46. The average molecular weight is 288 g/mol. The van der Waals surface area contributed by atoms with E-state index in [4.69, 9.17) is 5.11 Å². The normalized spacial score (nSPS) is 12.1. The van der Waals surface area contributed by atoms with Gasteiger partial charge in [0.05, 0.1) is 5.69 Å². The number of carboxylic acid groups (broad SMARTS) is 1. The highest BCUT2D eigenvalue weighted by Crippen LogP contribution is 2.08. The fourth-order valence-electron chi connectivity index (χ4n) is 1.84. The summed E-state index contributed by atoms with van der Waals surface area (Å²) in [5, 5.41) is 15.6. The molecule has 0 fully saturated rings. The van der Waals surface area contributed by atoms with Gasteiger partial charge in [-0.25, -0.2) is 9.48 Å². The minimum absolute atomic E-state index is 0.148. The molecule has 0 aliphatic heterocycles. The highest BCUT2D eigenvalue weighted by Gasteiger charge is 2.24. The average Bonchev–Trinajstić information content (AvgIpc) is 2.98. The van der Waals surface area contributed by atoms with Gasteiger partial charge in [0.1, 0.15) is 11.7 Å². The first-order valence-corrected chi connectivity index (χ1v) is 6.49. The lowest BCUT2D eigenvalue weighted by molar-refractivity contribution is -0.140. The Balaban J connectivity index is 2.20. The molecule has 2 rings (SSSR count). The van der Waals surface area contributed by atoms with E-state index in [0.29, 0.717) is 5.69 Å². The second-order valence-corrected chi connectivity index (χ2v) is 4.88. The van der Waals surface area contributed by atoms with Crippen LogP contribution in [0.2, 0.25) is 0 Å². The number of aromatic nitrogens is 3. The zero-order valence-electron chi connectivity index (χ0n) is 11.7. The van der Waals surface area contributed by atoms with Crippen LogP contribution >= 0.6 is 0 Å². The van der Waals surface area contributed by atoms with Crippen LogP contribution in [0.15, 0.2) is 36.8 Å². The third kappa shape index (κ3) is 3.44. The van der Waals surface area contributed by atoms with E-state index in [0.717, 1.165) is 0 Å². The number of aliphatic carboxylic acids is 1. The lowest BCUT2D eigenvalue weighted by atomic mass is 10.0. The number of amides is 1. The van der Waals surface area contributed by atoms with Crippen molar-refractivity contribution in [3.8, 4) is 5.69 Å². The Morgan fingerprint density at radius 2 is 2.10 bits per heavy atom. The maximum atomic E-state index is 12.1. The number of hydrogen-bond donors (Lipinski definition) is 2. The Bertz CT molecular complexity index is 637. The number of carbonyl (C=O) groups is 2. The molecular formula is C14H16N4O3. The van der Waals surface area contributed by atoms with E-state index in [1.165, 1.54) is 6.20 Å². The maximum Gasteiger partial charge on any atom is 0.326 e. The van der Waals surface area contributed by atoms with E-state index in [-0.39, 0.29) is 11.6 Å². The number of rotatable bonds is 5. The van der Waals surface area contributed by atoms with Gasteiger partial charge >= 0.3 is 5.97 Å². The molecule has 2 aromatic rings. The molecule has 21 heavy (non-hydrogen) atoms. The van der Waals surface area contributed by atoms with Gasteiger partial charge in [-0.05, 0) is 24.1 Å². The quantitative estimate of drug-likeness (QED) is 0.859. The highest BCUT2D eigenvalue weighted by atomic mass is 16.4. The molecule has 0 saturated heterocycles. The lowest BCUT2D eigenvalue weighted by Crippen LogP contribution is -2.44. The maximum absolute atomic E-state index is 12.1. The highest BCUT2D eigenvalue weighted by molar-refractivity contribution is 5.95. The smallest absolute Gasteiger partial charge is 0.326 e. The fourth-order valence-corrected chi connectivity index (χ4v) is 1.84. The van der Waals surface area contributed by atoms with Crippen molar-refractivity contribution in [3.63, 3.8) is 0 Å². The molecule has 2 heterocycles. The van der Waals surface area contributed by atoms with Crippen LogP contribution in [0.5, 0.6) is 0 Å². The third-order valence-corrected chi connectivity index (χ3v) is 2.96. The van der Waals surface area contributed by atoms with E-state index in [1.54, 1.807) is 49.1 Å². The van der Waals surface area contributed by atoms with Crippen LogP contribution in [-0.2, 0) is 4.79 Å². The molecule has 110 valence electrons. The Morgan fingerprint density at radius 3 is 2.67 bits per heavy atom. The van der Waals surface area contributed by atoms with E-state index in [1.807, 2.05) is 0 Å². The Kier molecular flexibility index (Phi) is 4.32. The van der Waals surface area contributed by atoms with Crippen LogP contribution in [0.4, 0.5) is 0 Å². The van der Waals surface area contributed by atoms with Gasteiger partial charge in [0, 0.05) is 18.6 Å². The molecule has 1 atom stereocenters. The van der Waals surface area contributed by atoms with E-state index in [9.17, 15) is 9.59 Å². The summed E-state index contributed by atoms with van der Waals surface area (Å²) >= 11 is 0. The summed E-state index contributed by atoms with van der Waals surface area (Å²) in [5.74, 6) is -1.81. The molecule has 0 unspecified atom stereocenters. The Labute approximate surface area is 121 Å². The monoisotopic (exact) mass is 288 g/mol. The van der Waals surface area contributed by atoms with Crippen LogP contribution in [0.25, 0.3) is 5.69 Å². The van der Waals surface area contributed by atoms with Gasteiger partial charge in [-0.3, -0.25) is 9.78 Å². The fraction of sp³-hybridized carbons (Fsp3) is 0.286. The van der Waals surface area contributed by atoms with Gasteiger partial charge in [-0.15, -0.1) is 0 Å². The Morgan fingerprint density at radius 1 is 1.33 bits per heavy atom. The van der Waals surface area contributed by atoms with E-state index >= 15 is 0 Å². The molecule has 0 aromatic carbocycles. The van der Waals surface area contributed by atoms with Crippen molar-refractivity contribution in [2.45, 2.75) is 19.9 Å². The molecule has 0 aliphatic carbocycles. The molecule has 7 nitrogen and oxygen atoms in total. The molecule has 0 aliphatic rings. The Hall–Kier alpha value is -2.70. The summed E-state index contributed by atoms with van der Waals surface area (Å²) in [6, 6.07) is 4.08. The van der Waals surface area contributed by atoms with Crippen LogP contribution in [-0.4, -0.2) is 37.8 Å². The minimum Gasteiger partial charge on any atom is -0.480 e. The van der Waals surface area contributed by atoms with Crippen LogP contribution in [0, 0.1) is 5.92 Å². The second-order valence-electron chi connectivity index (χ2n) is 4.88. The van der Waals surface area contributed by atoms with Crippen molar-refractivity contribution in [3.05, 3.63) is 42.5 Å². The molecule has 2 aromatic heterocycles. The van der Waals surface area contributed by atoms with Crippen molar-refractivity contribution >= 4 is 11.9 Å². The number of carboxylic acids is 1. The first-order valence-electron chi connectivity index (χ1n) is 6.49. The van der Waals surface area contributed by atoms with E-state index < -0.39 is 17.9 Å². The van der Waals surface area contributed by atoms with Crippen LogP contribution in [0.1, 0.15) is 24.3 Å². The number of nitrogens with zero attached hydrogens (tertiary/aromatic N) is 3. The summed E-state index contributed by atoms with van der Waals surface area (Å²) in [7, 11) is 0. The first-order chi connectivity index (χ1) is 9.99. The summed E-state index contributed by atoms with van der Waals surface area (Å²) in [4.78, 5) is 27.2. The van der Waals surface area contributed by atoms with Gasteiger partial charge in [-0.1, -0.05) is 13.8 Å². The zero-order valence-corrected chi connectivity index (χ0v) is 11.7. The first kappa shape index (κ1) is 14.7. The summed E-state index contributed by atoms with van der Waals surface area (Å²) < 4.78 is 1.59. The summed E-state index contributed by atoms with van der Waals surface area (Å²) in [5.41, 5.74) is 0.825. The number of hydrogen-bond acceptors (Lipinski definition) is 4. The standard InChI is InChI=1S/C14H16N4O3/c1-9(2)12(14(20)21)17-13(19)11-8-10(4-6-15-11)18-7-3-5-16-18/h3-9,12H,1-2H3,(H,17,19)(H,20,21)/t12-/m1/s1. The lowest BCUT2D eigenvalue weighted by Gasteiger charge is -2.17. The molecule has 0 saturated carbocycles. The van der Waals surface area contributed by atoms with Crippen LogP contribution in [0.3, 0.4) is 0 Å². The largest absolute Gasteiger partial charge is 0.480 e. The molecule has 7 heteroatoms. The SMILES string of the molecule is CC(C)[C@@H](NC(=O)c1cc(-n2cccn2)ccn1)C(=O)O. The minimum atomic E-state index is -1.07. The zero-order chi connectivity index (χ0) is 15.4. The van der Waals surface area contributed by atoms with Crippen molar-refractivity contribution in [2.24, 2.45) is 5.92 Å². The van der Waals surface area contributed by atoms with E-state index in [2.05, 4.69) is 15.4 Å². The van der Waals surface area contributed by atoms with Crippen molar-refractivity contribution < 1.29 is 14.7 Å². The van der Waals surface area contributed by atoms with Crippen LogP contribution < -0.4 is 5.32 Å². The predicted molar refractivity (Wildman–Crippen MR) is 75.1 cm³/mol. The number of carbonyl (C=O) groups excluding carboxylic acids is 1. The number of pyridine rings is 1. The van der Waals surface area contributed by atoms with Crippen molar-refractivity contribution in [1.29, 1.82) is 0 Å². The topological polar surface area (TPSA) is 97.1 Å². The molecule has 0 spiro atoms. The molecule has 1 amide bonds. The number of nitrogens with one attached hydrogen (secondary N) is 1. The van der Waals surface area contributed by atoms with Crippen molar-refractivity contribution in [2.75, 3.05) is 0 Å².